The summed E-state index contributed by atoms with van der Waals surface area (Å²) in [6.07, 6.45) is 6.63. The Morgan fingerprint density at radius 3 is 2.55 bits per heavy atom. The standard InChI is InChI=1S/C26H26N2O3/c1-2-8-21-12-6-13-22-19-23(26(30)31-24(21)22)25(29)28-17-15-27(16-18-28)14-7-11-20-9-4-3-5-10-20/h2-7,9-13,19H,1,8,14-18H2. The van der Waals surface area contributed by atoms with Crippen molar-refractivity contribution < 1.29 is 9.21 Å². The second-order valence-electron chi connectivity index (χ2n) is 7.68. The molecule has 0 radical (unpaired) electrons. The highest BCUT2D eigenvalue weighted by molar-refractivity contribution is 5.97. The van der Waals surface area contributed by atoms with Gasteiger partial charge in [0.05, 0.1) is 0 Å². The average molecular weight is 415 g/mol. The normalized spacial score (nSPS) is 14.9. The van der Waals surface area contributed by atoms with E-state index in [4.69, 9.17) is 4.42 Å². The molecule has 0 aliphatic carbocycles. The Kier molecular flexibility index (Phi) is 6.43. The van der Waals surface area contributed by atoms with Gasteiger partial charge in [-0.05, 0) is 23.6 Å². The fraction of sp³-hybridized carbons (Fsp3) is 0.231. The number of nitrogens with zero attached hydrogens (tertiary/aromatic N) is 2. The molecule has 1 aliphatic rings. The second-order valence-corrected chi connectivity index (χ2v) is 7.68. The Morgan fingerprint density at radius 2 is 1.81 bits per heavy atom. The first kappa shape index (κ1) is 20.8. The van der Waals surface area contributed by atoms with Crippen molar-refractivity contribution in [2.45, 2.75) is 6.42 Å². The van der Waals surface area contributed by atoms with Gasteiger partial charge in [0.2, 0.25) is 0 Å². The third-order valence-electron chi connectivity index (χ3n) is 5.57. The van der Waals surface area contributed by atoms with Crippen molar-refractivity contribution in [2.75, 3.05) is 32.7 Å². The van der Waals surface area contributed by atoms with Gasteiger partial charge < -0.3 is 9.32 Å². The molecular formula is C26H26N2O3. The Bertz CT molecular complexity index is 1160. The summed E-state index contributed by atoms with van der Waals surface area (Å²) in [7, 11) is 0. The molecule has 5 heteroatoms. The van der Waals surface area contributed by atoms with Gasteiger partial charge in [-0.25, -0.2) is 4.79 Å². The first-order valence-electron chi connectivity index (χ1n) is 10.6. The van der Waals surface area contributed by atoms with E-state index in [1.165, 1.54) is 5.56 Å². The minimum Gasteiger partial charge on any atom is -0.422 e. The number of fused-ring (bicyclic) bond motifs is 1. The van der Waals surface area contributed by atoms with Crippen LogP contribution in [0.3, 0.4) is 0 Å². The maximum Gasteiger partial charge on any atom is 0.349 e. The lowest BCUT2D eigenvalue weighted by molar-refractivity contribution is 0.0646. The van der Waals surface area contributed by atoms with Crippen LogP contribution < -0.4 is 5.63 Å². The van der Waals surface area contributed by atoms with Gasteiger partial charge in [0.1, 0.15) is 11.1 Å². The van der Waals surface area contributed by atoms with Crippen LogP contribution in [-0.2, 0) is 6.42 Å². The zero-order valence-electron chi connectivity index (χ0n) is 17.5. The quantitative estimate of drug-likeness (QED) is 0.452. The van der Waals surface area contributed by atoms with Crippen molar-refractivity contribution in [2.24, 2.45) is 0 Å². The maximum absolute atomic E-state index is 13.0. The summed E-state index contributed by atoms with van der Waals surface area (Å²) < 4.78 is 5.53. The second kappa shape index (κ2) is 9.58. The maximum atomic E-state index is 13.0. The van der Waals surface area contributed by atoms with Crippen LogP contribution in [0.2, 0.25) is 0 Å². The number of carbonyl (C=O) groups excluding carboxylic acids is 1. The highest BCUT2D eigenvalue weighted by Gasteiger charge is 2.24. The van der Waals surface area contributed by atoms with Gasteiger partial charge in [-0.2, -0.15) is 0 Å². The SMILES string of the molecule is C=CCc1cccc2cc(C(=O)N3CCN(CC=Cc4ccccc4)CC3)c(=O)oc12. The fourth-order valence-electron chi connectivity index (χ4n) is 3.88. The number of piperazine rings is 1. The number of amides is 1. The van der Waals surface area contributed by atoms with Crippen LogP contribution in [-0.4, -0.2) is 48.4 Å². The monoisotopic (exact) mass is 414 g/mol. The summed E-state index contributed by atoms with van der Waals surface area (Å²) in [5.74, 6) is -0.260. The topological polar surface area (TPSA) is 53.8 Å². The minimum atomic E-state index is -0.581. The molecule has 2 aromatic carbocycles. The summed E-state index contributed by atoms with van der Waals surface area (Å²) in [5, 5.41) is 0.756. The summed E-state index contributed by atoms with van der Waals surface area (Å²) in [4.78, 5) is 29.6. The Hall–Kier alpha value is -3.44. The van der Waals surface area contributed by atoms with Crippen LogP contribution in [0.1, 0.15) is 21.5 Å². The number of benzene rings is 2. The van der Waals surface area contributed by atoms with E-state index in [-0.39, 0.29) is 11.5 Å². The Labute approximate surface area is 181 Å². The van der Waals surface area contributed by atoms with E-state index in [2.05, 4.69) is 35.8 Å². The van der Waals surface area contributed by atoms with Crippen molar-refractivity contribution in [3.8, 4) is 0 Å². The molecule has 3 aromatic rings. The van der Waals surface area contributed by atoms with Crippen molar-refractivity contribution in [3.63, 3.8) is 0 Å². The lowest BCUT2D eigenvalue weighted by atomic mass is 10.1. The molecule has 0 saturated carbocycles. The molecule has 1 aliphatic heterocycles. The van der Waals surface area contributed by atoms with Crippen LogP contribution in [0.25, 0.3) is 17.0 Å². The van der Waals surface area contributed by atoms with Crippen LogP contribution in [0.4, 0.5) is 0 Å². The van der Waals surface area contributed by atoms with E-state index >= 15 is 0 Å². The summed E-state index contributed by atoms with van der Waals surface area (Å²) >= 11 is 0. The van der Waals surface area contributed by atoms with Crippen molar-refractivity contribution in [1.29, 1.82) is 0 Å². The molecule has 2 heterocycles. The number of para-hydroxylation sites is 1. The zero-order chi connectivity index (χ0) is 21.6. The van der Waals surface area contributed by atoms with Gasteiger partial charge in [0.25, 0.3) is 5.91 Å². The largest absolute Gasteiger partial charge is 0.422 e. The molecule has 0 N–H and O–H groups in total. The van der Waals surface area contributed by atoms with Crippen LogP contribution in [0.15, 0.2) is 82.5 Å². The Morgan fingerprint density at radius 1 is 1.03 bits per heavy atom. The molecule has 4 rings (SSSR count). The van der Waals surface area contributed by atoms with E-state index in [0.717, 1.165) is 30.6 Å². The molecule has 0 bridgehead atoms. The minimum absolute atomic E-state index is 0.0978. The molecule has 1 amide bonds. The van der Waals surface area contributed by atoms with Gasteiger partial charge >= 0.3 is 5.63 Å². The van der Waals surface area contributed by atoms with E-state index in [1.807, 2.05) is 36.4 Å². The highest BCUT2D eigenvalue weighted by atomic mass is 16.4. The molecule has 0 spiro atoms. The van der Waals surface area contributed by atoms with Crippen molar-refractivity contribution >= 4 is 23.0 Å². The molecular weight excluding hydrogens is 388 g/mol. The summed E-state index contributed by atoms with van der Waals surface area (Å²) in [5.41, 5.74) is 2.11. The van der Waals surface area contributed by atoms with E-state index in [0.29, 0.717) is 25.1 Å². The van der Waals surface area contributed by atoms with Crippen LogP contribution in [0, 0.1) is 0 Å². The van der Waals surface area contributed by atoms with Gasteiger partial charge in [-0.3, -0.25) is 9.69 Å². The number of rotatable bonds is 6. The van der Waals surface area contributed by atoms with Crippen LogP contribution in [0.5, 0.6) is 0 Å². The van der Waals surface area contributed by atoms with Crippen molar-refractivity contribution in [1.82, 2.24) is 9.80 Å². The molecule has 5 nitrogen and oxygen atoms in total. The molecule has 1 fully saturated rings. The third-order valence-corrected chi connectivity index (χ3v) is 5.57. The number of hydrogen-bond acceptors (Lipinski definition) is 4. The van der Waals surface area contributed by atoms with Gasteiger partial charge in [-0.1, -0.05) is 66.8 Å². The molecule has 0 unspecified atom stereocenters. The van der Waals surface area contributed by atoms with Gasteiger partial charge in [0.15, 0.2) is 0 Å². The molecule has 158 valence electrons. The van der Waals surface area contributed by atoms with Gasteiger partial charge in [0, 0.05) is 38.1 Å². The number of allylic oxidation sites excluding steroid dienone is 1. The van der Waals surface area contributed by atoms with E-state index in [9.17, 15) is 9.59 Å². The molecule has 0 atom stereocenters. The molecule has 1 aromatic heterocycles. The lowest BCUT2D eigenvalue weighted by Gasteiger charge is -2.34. The Balaban J connectivity index is 1.41. The summed E-state index contributed by atoms with van der Waals surface area (Å²) in [6.45, 7) is 7.30. The zero-order valence-corrected chi connectivity index (χ0v) is 17.5. The lowest BCUT2D eigenvalue weighted by Crippen LogP contribution is -2.49. The smallest absolute Gasteiger partial charge is 0.349 e. The average Bonchev–Trinajstić information content (AvgIpc) is 2.80. The first-order valence-corrected chi connectivity index (χ1v) is 10.6. The van der Waals surface area contributed by atoms with E-state index < -0.39 is 5.63 Å². The summed E-state index contributed by atoms with van der Waals surface area (Å²) in [6, 6.07) is 17.5. The molecule has 1 saturated heterocycles. The molecule has 31 heavy (non-hydrogen) atoms. The highest BCUT2D eigenvalue weighted by Crippen LogP contribution is 2.20. The first-order chi connectivity index (χ1) is 15.2. The number of carbonyl (C=O) groups is 1. The fourth-order valence-corrected chi connectivity index (χ4v) is 3.88. The van der Waals surface area contributed by atoms with Crippen molar-refractivity contribution in [3.05, 3.63) is 100 Å². The van der Waals surface area contributed by atoms with Gasteiger partial charge in [-0.15, -0.1) is 6.58 Å². The predicted octanol–water partition coefficient (Wildman–Crippen LogP) is 3.99. The number of hydrogen-bond donors (Lipinski definition) is 0. The predicted molar refractivity (Wildman–Crippen MR) is 124 cm³/mol. The third kappa shape index (κ3) is 4.84. The van der Waals surface area contributed by atoms with Crippen LogP contribution >= 0.6 is 0 Å². The van der Waals surface area contributed by atoms with E-state index in [1.54, 1.807) is 17.0 Å².